The van der Waals surface area contributed by atoms with Crippen molar-refractivity contribution in [2.45, 2.75) is 66.0 Å². The van der Waals surface area contributed by atoms with Crippen molar-refractivity contribution in [3.05, 3.63) is 0 Å². The Kier molecular flexibility index (Phi) is 8.55. The lowest BCUT2D eigenvalue weighted by Gasteiger charge is -2.37. The van der Waals surface area contributed by atoms with Crippen LogP contribution in [0.25, 0.3) is 0 Å². The fourth-order valence-electron chi connectivity index (χ4n) is 2.50. The highest BCUT2D eigenvalue weighted by molar-refractivity contribution is 5.82. The van der Waals surface area contributed by atoms with Gasteiger partial charge in [0.15, 0.2) is 0 Å². The van der Waals surface area contributed by atoms with Crippen LogP contribution in [0, 0.1) is 17.8 Å². The van der Waals surface area contributed by atoms with Gasteiger partial charge in [0, 0.05) is 13.1 Å². The van der Waals surface area contributed by atoms with Gasteiger partial charge in [-0.2, -0.15) is 0 Å². The molecule has 5 nitrogen and oxygen atoms in total. The van der Waals surface area contributed by atoms with E-state index in [-0.39, 0.29) is 30.2 Å². The van der Waals surface area contributed by atoms with Gasteiger partial charge in [-0.1, -0.05) is 47.5 Å². The topological polar surface area (TPSA) is 83.6 Å². The summed E-state index contributed by atoms with van der Waals surface area (Å²) >= 11 is 0. The van der Waals surface area contributed by atoms with Crippen molar-refractivity contribution in [1.82, 2.24) is 4.90 Å². The largest absolute Gasteiger partial charge is 0.481 e. The molecule has 0 spiro atoms. The molecule has 3 N–H and O–H groups in total. The van der Waals surface area contributed by atoms with Crippen LogP contribution in [0.1, 0.15) is 53.9 Å². The van der Waals surface area contributed by atoms with Gasteiger partial charge >= 0.3 is 5.97 Å². The first-order valence-electron chi connectivity index (χ1n) is 7.91. The number of hydrogen-bond acceptors (Lipinski definition) is 3. The molecule has 21 heavy (non-hydrogen) atoms. The molecule has 1 amide bonds. The van der Waals surface area contributed by atoms with Crippen molar-refractivity contribution < 1.29 is 14.7 Å². The molecule has 0 saturated heterocycles. The van der Waals surface area contributed by atoms with Gasteiger partial charge in [0.05, 0.1) is 12.5 Å². The van der Waals surface area contributed by atoms with Crippen molar-refractivity contribution in [3.63, 3.8) is 0 Å². The predicted molar refractivity (Wildman–Crippen MR) is 84.9 cm³/mol. The highest BCUT2D eigenvalue weighted by atomic mass is 16.4. The first kappa shape index (κ1) is 19.9. The molecule has 0 bridgehead atoms. The molecule has 0 aliphatic rings. The maximum atomic E-state index is 12.5. The molecule has 5 heteroatoms. The number of aliphatic carboxylic acids is 1. The molecule has 0 rings (SSSR count). The lowest BCUT2D eigenvalue weighted by atomic mass is 9.84. The number of nitrogens with zero attached hydrogens (tertiary/aromatic N) is 1. The molecule has 0 aromatic carbocycles. The smallest absolute Gasteiger partial charge is 0.305 e. The summed E-state index contributed by atoms with van der Waals surface area (Å²) in [5.74, 6) is -0.490. The van der Waals surface area contributed by atoms with E-state index in [1.165, 1.54) is 0 Å². The minimum Gasteiger partial charge on any atom is -0.481 e. The van der Waals surface area contributed by atoms with Crippen LogP contribution >= 0.6 is 0 Å². The van der Waals surface area contributed by atoms with E-state index < -0.39 is 12.0 Å². The summed E-state index contributed by atoms with van der Waals surface area (Å²) in [5.41, 5.74) is 6.01. The highest BCUT2D eigenvalue weighted by Crippen LogP contribution is 2.25. The number of carboxylic acid groups (broad SMARTS) is 1. The Morgan fingerprint density at radius 2 is 1.57 bits per heavy atom. The lowest BCUT2D eigenvalue weighted by molar-refractivity contribution is -0.142. The van der Waals surface area contributed by atoms with Gasteiger partial charge in [-0.25, -0.2) is 0 Å². The number of carbonyl (C=O) groups is 2. The molecular weight excluding hydrogens is 268 g/mol. The molecule has 0 aromatic rings. The highest BCUT2D eigenvalue weighted by Gasteiger charge is 2.33. The minimum atomic E-state index is -0.882. The number of carbonyl (C=O) groups excluding carboxylic acids is 1. The van der Waals surface area contributed by atoms with E-state index in [1.54, 1.807) is 11.9 Å². The number of nitrogens with two attached hydrogens (primary N) is 1. The van der Waals surface area contributed by atoms with E-state index in [1.807, 2.05) is 20.8 Å². The molecule has 0 aromatic heterocycles. The molecule has 0 heterocycles. The van der Waals surface area contributed by atoms with Gasteiger partial charge < -0.3 is 15.7 Å². The van der Waals surface area contributed by atoms with Crippen LogP contribution in [0.2, 0.25) is 0 Å². The summed E-state index contributed by atoms with van der Waals surface area (Å²) < 4.78 is 0. The van der Waals surface area contributed by atoms with Crippen LogP contribution in [0.3, 0.4) is 0 Å². The van der Waals surface area contributed by atoms with Gasteiger partial charge in [0.2, 0.25) is 5.91 Å². The monoisotopic (exact) mass is 300 g/mol. The first-order valence-corrected chi connectivity index (χ1v) is 7.91. The Morgan fingerprint density at radius 3 is 1.95 bits per heavy atom. The van der Waals surface area contributed by atoms with Gasteiger partial charge in [-0.15, -0.1) is 0 Å². The van der Waals surface area contributed by atoms with Crippen LogP contribution in [0.15, 0.2) is 0 Å². The molecule has 5 unspecified atom stereocenters. The van der Waals surface area contributed by atoms with Crippen molar-refractivity contribution in [2.24, 2.45) is 23.5 Å². The van der Waals surface area contributed by atoms with E-state index in [0.717, 1.165) is 12.8 Å². The third kappa shape index (κ3) is 5.65. The van der Waals surface area contributed by atoms with Crippen molar-refractivity contribution in [2.75, 3.05) is 7.05 Å². The Balaban J connectivity index is 5.14. The van der Waals surface area contributed by atoms with Crippen LogP contribution in [-0.2, 0) is 9.59 Å². The van der Waals surface area contributed by atoms with Gasteiger partial charge in [0.25, 0.3) is 0 Å². The summed E-state index contributed by atoms with van der Waals surface area (Å²) in [6, 6.07) is -0.888. The summed E-state index contributed by atoms with van der Waals surface area (Å²) in [5, 5.41) is 9.14. The van der Waals surface area contributed by atoms with Crippen molar-refractivity contribution in [1.29, 1.82) is 0 Å². The predicted octanol–water partition coefficient (Wildman–Crippen LogP) is 2.34. The quantitative estimate of drug-likeness (QED) is 0.684. The fourth-order valence-corrected chi connectivity index (χ4v) is 2.50. The molecule has 0 aliphatic carbocycles. The zero-order valence-corrected chi connectivity index (χ0v) is 14.3. The van der Waals surface area contributed by atoms with E-state index in [0.29, 0.717) is 5.92 Å². The standard InChI is InChI=1S/C16H32N2O3/c1-7-10(3)12(5)13(9-14(19)20)18(6)16(21)15(17)11(4)8-2/h10-13,15H,7-9,17H2,1-6H3,(H,19,20). The summed E-state index contributed by atoms with van der Waals surface area (Å²) in [4.78, 5) is 25.2. The maximum absolute atomic E-state index is 12.5. The van der Waals surface area contributed by atoms with E-state index in [4.69, 9.17) is 10.8 Å². The third-order valence-corrected chi connectivity index (χ3v) is 4.92. The number of carboxylic acids is 1. The van der Waals surface area contributed by atoms with Gasteiger partial charge in [-0.3, -0.25) is 9.59 Å². The van der Waals surface area contributed by atoms with E-state index in [2.05, 4.69) is 13.8 Å². The lowest BCUT2D eigenvalue weighted by Crippen LogP contribution is -2.52. The Hall–Kier alpha value is -1.10. The Morgan fingerprint density at radius 1 is 1.10 bits per heavy atom. The molecule has 0 saturated carbocycles. The van der Waals surface area contributed by atoms with Crippen molar-refractivity contribution >= 4 is 11.9 Å². The number of amides is 1. The van der Waals surface area contributed by atoms with Crippen LogP contribution in [0.4, 0.5) is 0 Å². The number of hydrogen-bond donors (Lipinski definition) is 2. The second-order valence-electron chi connectivity index (χ2n) is 6.27. The second-order valence-corrected chi connectivity index (χ2v) is 6.27. The summed E-state index contributed by atoms with van der Waals surface area (Å²) in [6.45, 7) is 10.1. The van der Waals surface area contributed by atoms with Crippen LogP contribution in [0.5, 0.6) is 0 Å². The average Bonchev–Trinajstić information content (AvgIpc) is 2.47. The Labute approximate surface area is 128 Å². The van der Waals surface area contributed by atoms with Gasteiger partial charge in [-0.05, 0) is 17.8 Å². The Bertz CT molecular complexity index is 346. The van der Waals surface area contributed by atoms with E-state index in [9.17, 15) is 9.59 Å². The van der Waals surface area contributed by atoms with Gasteiger partial charge in [0.1, 0.15) is 0 Å². The SMILES string of the molecule is CCC(C)C(N)C(=O)N(C)C(CC(=O)O)C(C)C(C)CC. The van der Waals surface area contributed by atoms with Crippen LogP contribution < -0.4 is 5.73 Å². The minimum absolute atomic E-state index is 0.0407. The molecule has 124 valence electrons. The van der Waals surface area contributed by atoms with Crippen LogP contribution in [-0.4, -0.2) is 41.0 Å². The molecule has 0 aliphatic heterocycles. The van der Waals surface area contributed by atoms with E-state index >= 15 is 0 Å². The molecule has 5 atom stereocenters. The average molecular weight is 300 g/mol. The number of rotatable bonds is 9. The molecule has 0 radical (unpaired) electrons. The third-order valence-electron chi connectivity index (χ3n) is 4.92. The fraction of sp³-hybridized carbons (Fsp3) is 0.875. The normalized spacial score (nSPS) is 18.4. The zero-order valence-electron chi connectivity index (χ0n) is 14.3. The zero-order chi connectivity index (χ0) is 16.7. The van der Waals surface area contributed by atoms with Crippen molar-refractivity contribution in [3.8, 4) is 0 Å². The maximum Gasteiger partial charge on any atom is 0.305 e. The first-order chi connectivity index (χ1) is 9.67. The second kappa shape index (κ2) is 9.03. The molecule has 0 fully saturated rings. The summed E-state index contributed by atoms with van der Waals surface area (Å²) in [6.07, 6.45) is 1.74. The molecular formula is C16H32N2O3. The number of likely N-dealkylation sites (N-methyl/N-ethyl adjacent to an activating group) is 1. The summed E-state index contributed by atoms with van der Waals surface area (Å²) in [7, 11) is 1.68.